The van der Waals surface area contributed by atoms with E-state index in [0.717, 1.165) is 43.1 Å². The molecule has 0 unspecified atom stereocenters. The highest BCUT2D eigenvalue weighted by Gasteiger charge is 2.52. The fourth-order valence-corrected chi connectivity index (χ4v) is 11.5. The average Bonchev–Trinajstić information content (AvgIpc) is 3.62. The molecule has 0 spiro atoms. The topological polar surface area (TPSA) is 112 Å². The molecule has 8 rings (SSSR count). The summed E-state index contributed by atoms with van der Waals surface area (Å²) in [7, 11) is -0.351. The summed E-state index contributed by atoms with van der Waals surface area (Å²) in [5, 5.41) is 21.7. The van der Waals surface area contributed by atoms with E-state index in [-0.39, 0.29) is 35.3 Å². The van der Waals surface area contributed by atoms with Gasteiger partial charge in [0.05, 0.1) is 22.4 Å². The molecule has 3 heterocycles. The fraction of sp³-hybridized carbons (Fsp3) is 0.478. The van der Waals surface area contributed by atoms with Crippen LogP contribution in [0.4, 0.5) is 0 Å². The van der Waals surface area contributed by atoms with Crippen LogP contribution >= 0.6 is 0 Å². The van der Waals surface area contributed by atoms with Gasteiger partial charge in [0.1, 0.15) is 0 Å². The van der Waals surface area contributed by atoms with E-state index < -0.39 is 11.2 Å². The average molecular weight is 1030 g/mol. The molecule has 0 aliphatic carbocycles. The lowest BCUT2D eigenvalue weighted by Crippen LogP contribution is -2.41. The lowest BCUT2D eigenvalue weighted by Gasteiger charge is -2.34. The molecule has 3 aliphatic heterocycles. The van der Waals surface area contributed by atoms with E-state index in [1.165, 1.54) is 66.8 Å². The number of ether oxygens (including phenoxy) is 2. The predicted molar refractivity (Wildman–Crippen MR) is 311 cm³/mol. The molecule has 3 aliphatic rings. The summed E-state index contributed by atoms with van der Waals surface area (Å²) < 4.78 is 23.5. The zero-order chi connectivity index (χ0) is 55.5. The van der Waals surface area contributed by atoms with E-state index in [1.54, 1.807) is 0 Å². The Kier molecular flexibility index (Phi) is 20.1. The summed E-state index contributed by atoms with van der Waals surface area (Å²) in [5.41, 5.74) is 15.5. The van der Waals surface area contributed by atoms with Crippen LogP contribution in [-0.2, 0) is 45.6 Å². The number of hydrogen-bond acceptors (Lipinski definition) is 8. The summed E-state index contributed by atoms with van der Waals surface area (Å²) in [6.07, 6.45) is 16.1. The standard InChI is InChI=1S/C34H42O2.C32H45BO4.CO2/c1-6-27-9-11-29(12-10-27)32-16-15-31(24-26(32)5)34(7-2,8-3)30-14-13-28(25(4)23-30)17-18-33(35)19-21-36-22-20-33;1-9-32(10-2,26-12-11-25(23(3)21-26)15-16-31(34)17-19-35-20-18-31)27-13-14-28(24(4)22-27)33-36-29(5,6)30(7,8)37-33;2-1-3/h9-18,23-24,35H,6-8,19-22H2,1-5H3;11-16,21-22,34H,9-10,17-20H2,1-8H3;/b18-17+;16-15+;. The summed E-state index contributed by atoms with van der Waals surface area (Å²) in [5.74, 6) is 0. The molecule has 5 aromatic rings. The Morgan fingerprint density at radius 2 is 0.895 bits per heavy atom. The molecule has 0 radical (unpaired) electrons. The SMILES string of the molecule is CCC(CC)(c1ccc(/C=C/C2(O)CCOCC2)c(C)c1)c1ccc(B2OC(C)(C)C(C)(C)O2)c(C)c1.CCc1ccc(-c2ccc(C(CC)(CC)c3ccc(/C=C/C4(O)CCOCC4)c(C)c3)cc2C)cc1.O=C=O. The molecule has 3 saturated heterocycles. The molecule has 8 nitrogen and oxygen atoms in total. The highest BCUT2D eigenvalue weighted by Crippen LogP contribution is 2.43. The monoisotopic (exact) mass is 1030 g/mol. The van der Waals surface area contributed by atoms with Gasteiger partial charge in [-0.2, -0.15) is 9.59 Å². The van der Waals surface area contributed by atoms with Gasteiger partial charge in [0.25, 0.3) is 0 Å². The van der Waals surface area contributed by atoms with E-state index in [1.807, 2.05) is 12.2 Å². The van der Waals surface area contributed by atoms with Crippen LogP contribution in [0.2, 0.25) is 0 Å². The van der Waals surface area contributed by atoms with Gasteiger partial charge in [-0.15, -0.1) is 0 Å². The second kappa shape index (κ2) is 25.5. The minimum atomic E-state index is -0.767. The molecule has 0 saturated carbocycles. The van der Waals surface area contributed by atoms with Gasteiger partial charge in [-0.25, -0.2) is 0 Å². The molecule has 0 amide bonds. The highest BCUT2D eigenvalue weighted by molar-refractivity contribution is 6.62. The van der Waals surface area contributed by atoms with Crippen molar-refractivity contribution >= 4 is 30.9 Å². The third-order valence-corrected chi connectivity index (χ3v) is 17.7. The first kappa shape index (κ1) is 60.0. The number of aliphatic hydroxyl groups is 2. The van der Waals surface area contributed by atoms with Gasteiger partial charge in [0.2, 0.25) is 0 Å². The molecule has 0 aromatic heterocycles. The first-order chi connectivity index (χ1) is 36.1. The number of aryl methyl sites for hydroxylation is 5. The van der Waals surface area contributed by atoms with Crippen LogP contribution in [0.25, 0.3) is 23.3 Å². The van der Waals surface area contributed by atoms with E-state index in [0.29, 0.717) is 52.1 Å². The Morgan fingerprint density at radius 3 is 1.25 bits per heavy atom. The number of carbonyl (C=O) groups excluding carboxylic acids is 2. The van der Waals surface area contributed by atoms with Gasteiger partial charge in [-0.05, 0) is 160 Å². The predicted octanol–water partition coefficient (Wildman–Crippen LogP) is 13.9. The molecule has 76 heavy (non-hydrogen) atoms. The van der Waals surface area contributed by atoms with Crippen LogP contribution in [0.3, 0.4) is 0 Å². The molecule has 2 N–H and O–H groups in total. The lowest BCUT2D eigenvalue weighted by molar-refractivity contribution is -0.191. The lowest BCUT2D eigenvalue weighted by atomic mass is 9.68. The molecule has 406 valence electrons. The van der Waals surface area contributed by atoms with Gasteiger partial charge in [-0.1, -0.05) is 162 Å². The summed E-state index contributed by atoms with van der Waals surface area (Å²) in [4.78, 5) is 16.2. The normalized spacial score (nSPS) is 17.9. The van der Waals surface area contributed by atoms with E-state index in [2.05, 4.69) is 199 Å². The van der Waals surface area contributed by atoms with Crippen LogP contribution in [0.5, 0.6) is 0 Å². The minimum Gasteiger partial charge on any atom is -0.399 e. The zero-order valence-electron chi connectivity index (χ0n) is 48.2. The van der Waals surface area contributed by atoms with Crippen molar-refractivity contribution in [3.8, 4) is 11.1 Å². The molecule has 3 fully saturated rings. The van der Waals surface area contributed by atoms with Gasteiger partial charge in [0.15, 0.2) is 0 Å². The Balaban J connectivity index is 0.000000235. The summed E-state index contributed by atoms with van der Waals surface area (Å²) in [6, 6.07) is 36.5. The smallest absolute Gasteiger partial charge is 0.399 e. The number of hydrogen-bond donors (Lipinski definition) is 2. The van der Waals surface area contributed by atoms with Crippen molar-refractivity contribution in [3.63, 3.8) is 0 Å². The number of rotatable bonds is 15. The molecular formula is C67H87BO8. The quantitative estimate of drug-likeness (QED) is 0.0998. The van der Waals surface area contributed by atoms with Gasteiger partial charge in [0, 0.05) is 62.9 Å². The molecule has 0 bridgehead atoms. The van der Waals surface area contributed by atoms with Gasteiger partial charge < -0.3 is 29.0 Å². The van der Waals surface area contributed by atoms with E-state index >= 15 is 0 Å². The fourth-order valence-electron chi connectivity index (χ4n) is 11.5. The van der Waals surface area contributed by atoms with E-state index in [9.17, 15) is 10.2 Å². The maximum absolute atomic E-state index is 10.8. The van der Waals surface area contributed by atoms with Crippen molar-refractivity contribution in [2.75, 3.05) is 26.4 Å². The first-order valence-corrected chi connectivity index (χ1v) is 28.0. The third-order valence-electron chi connectivity index (χ3n) is 17.7. The second-order valence-corrected chi connectivity index (χ2v) is 22.6. The number of benzene rings is 5. The Bertz CT molecular complexity index is 2800. The van der Waals surface area contributed by atoms with Crippen LogP contribution in [-0.4, -0.2) is 72.3 Å². The Morgan fingerprint density at radius 1 is 0.526 bits per heavy atom. The van der Waals surface area contributed by atoms with Crippen LogP contribution < -0.4 is 5.46 Å². The van der Waals surface area contributed by atoms with E-state index in [4.69, 9.17) is 28.4 Å². The van der Waals surface area contributed by atoms with Crippen molar-refractivity contribution < 1.29 is 38.6 Å². The molecule has 5 aromatic carbocycles. The maximum Gasteiger partial charge on any atom is 0.495 e. The summed E-state index contributed by atoms with van der Waals surface area (Å²) in [6.45, 7) is 31.0. The maximum atomic E-state index is 10.8. The van der Waals surface area contributed by atoms with Gasteiger partial charge in [-0.3, -0.25) is 0 Å². The molecule has 9 heteroatoms. The Labute approximate surface area is 456 Å². The van der Waals surface area contributed by atoms with Crippen LogP contribution in [0.1, 0.15) is 175 Å². The van der Waals surface area contributed by atoms with Crippen molar-refractivity contribution in [2.45, 2.75) is 181 Å². The van der Waals surface area contributed by atoms with Crippen LogP contribution in [0.15, 0.2) is 109 Å². The largest absolute Gasteiger partial charge is 0.495 e. The second-order valence-electron chi connectivity index (χ2n) is 22.6. The van der Waals surface area contributed by atoms with Gasteiger partial charge >= 0.3 is 13.3 Å². The zero-order valence-corrected chi connectivity index (χ0v) is 48.2. The minimum absolute atomic E-state index is 0.0265. The highest BCUT2D eigenvalue weighted by atomic mass is 16.7. The van der Waals surface area contributed by atoms with Crippen molar-refractivity contribution in [3.05, 3.63) is 170 Å². The Hall–Kier alpha value is -5.22. The molecule has 0 atom stereocenters. The molecular weight excluding hydrogens is 944 g/mol. The van der Waals surface area contributed by atoms with Crippen molar-refractivity contribution in [1.82, 2.24) is 0 Å². The third kappa shape index (κ3) is 13.4. The van der Waals surface area contributed by atoms with Crippen molar-refractivity contribution in [2.24, 2.45) is 0 Å². The van der Waals surface area contributed by atoms with Crippen molar-refractivity contribution in [1.29, 1.82) is 0 Å². The summed E-state index contributed by atoms with van der Waals surface area (Å²) >= 11 is 0. The van der Waals surface area contributed by atoms with Crippen LogP contribution in [0, 0.1) is 27.7 Å². The first-order valence-electron chi connectivity index (χ1n) is 28.0.